The van der Waals surface area contributed by atoms with Crippen molar-refractivity contribution in [2.45, 2.75) is 160 Å². The molecular weight excluding hydrogens is 711 g/mol. The molecule has 4 amide bonds. The Bertz CT molecular complexity index is 1620. The molecule has 3 aliphatic heterocycles. The highest BCUT2D eigenvalue weighted by atomic mass is 16.7. The van der Waals surface area contributed by atoms with E-state index in [0.29, 0.717) is 31.3 Å². The van der Waals surface area contributed by atoms with E-state index in [1.54, 1.807) is 31.7 Å². The summed E-state index contributed by atoms with van der Waals surface area (Å²) < 4.78 is 25.1. The van der Waals surface area contributed by atoms with Gasteiger partial charge in [-0.1, -0.05) is 69.5 Å². The zero-order valence-corrected chi connectivity index (χ0v) is 34.3. The maximum atomic E-state index is 14.6. The lowest BCUT2D eigenvalue weighted by Crippen LogP contribution is -2.63. The highest BCUT2D eigenvalue weighted by molar-refractivity contribution is 6.48. The molecule has 0 spiro atoms. The molecule has 2 bridgehead atoms. The van der Waals surface area contributed by atoms with Gasteiger partial charge in [0.2, 0.25) is 11.8 Å². The van der Waals surface area contributed by atoms with Crippen molar-refractivity contribution in [2.24, 2.45) is 17.3 Å². The van der Waals surface area contributed by atoms with E-state index in [0.717, 1.165) is 56.1 Å². The van der Waals surface area contributed by atoms with E-state index in [1.807, 2.05) is 30.3 Å². The first kappa shape index (κ1) is 41.8. The summed E-state index contributed by atoms with van der Waals surface area (Å²) in [6, 6.07) is 5.84. The predicted molar refractivity (Wildman–Crippen MR) is 214 cm³/mol. The molecule has 3 aliphatic carbocycles. The molecule has 8 unspecified atom stereocenters. The van der Waals surface area contributed by atoms with Crippen molar-refractivity contribution in [1.82, 2.24) is 20.4 Å². The minimum absolute atomic E-state index is 0.0181. The van der Waals surface area contributed by atoms with Crippen LogP contribution in [0.1, 0.15) is 117 Å². The molecule has 0 aromatic heterocycles. The number of unbranched alkanes of at least 4 members (excludes halogenated alkanes) is 4. The number of carbonyl (C=O) groups is 4. The maximum Gasteiger partial charge on any atom is 0.481 e. The zero-order chi connectivity index (χ0) is 40.4. The summed E-state index contributed by atoms with van der Waals surface area (Å²) in [4.78, 5) is 58.4. The Morgan fingerprint density at radius 1 is 1.00 bits per heavy atom. The third kappa shape index (κ3) is 9.14. The minimum Gasteiger partial charge on any atom is -0.444 e. The first-order chi connectivity index (χ1) is 26.5. The number of benzene rings is 1. The van der Waals surface area contributed by atoms with Gasteiger partial charge in [-0.2, -0.15) is 0 Å². The van der Waals surface area contributed by atoms with Crippen molar-refractivity contribution in [3.63, 3.8) is 0 Å². The largest absolute Gasteiger partial charge is 0.481 e. The molecule has 7 rings (SSSR count). The van der Waals surface area contributed by atoms with Crippen LogP contribution in [0, 0.1) is 17.3 Å². The first-order valence-corrected chi connectivity index (χ1v) is 20.7. The van der Waals surface area contributed by atoms with Crippen LogP contribution in [0.25, 0.3) is 0 Å². The lowest BCUT2D eigenvalue weighted by atomic mass is 9.45. The standard InChI is InChI=1S/C43H63BN4O8/c1-9-11-12-13-14-15-21-35(44-55-36-32-22-30(42(32,6)7)24-43(36,8)56-44)46-37(49)34-23-31(53-40(52)47-25-28-19-16-17-20-29(28)26-47)27-48(34)38(50)33(18-10-2)45-39(51)54-41(3,4)5/h9-10,16-17,19-20,30-36H,1-2,11-15,18,21-27H2,3-8H3,(H,45,51)(H,46,49). The maximum absolute atomic E-state index is 14.6. The summed E-state index contributed by atoms with van der Waals surface area (Å²) in [5, 5.41) is 5.95. The van der Waals surface area contributed by atoms with Crippen LogP contribution in [0.3, 0.4) is 0 Å². The second-order valence-electron chi connectivity index (χ2n) is 18.4. The predicted octanol–water partition coefficient (Wildman–Crippen LogP) is 6.86. The molecule has 12 nitrogen and oxygen atoms in total. The molecule has 0 radical (unpaired) electrons. The van der Waals surface area contributed by atoms with E-state index < -0.39 is 60.5 Å². The fourth-order valence-corrected chi connectivity index (χ4v) is 9.57. The molecule has 1 aromatic rings. The van der Waals surface area contributed by atoms with Gasteiger partial charge in [0.05, 0.1) is 24.2 Å². The average molecular weight is 775 g/mol. The molecule has 1 aromatic carbocycles. The Labute approximate surface area is 333 Å². The topological polar surface area (TPSA) is 136 Å². The SMILES string of the molecule is C=CCCCCCCC(NC(=O)C1CC(OC(=O)N2Cc3ccccc3C2)CN1C(=O)C(CC=C)NC(=O)OC(C)(C)C)B1OC2C3CC(CC2(C)O1)C3(C)C. The second kappa shape index (κ2) is 16.9. The van der Waals surface area contributed by atoms with Gasteiger partial charge in [0.15, 0.2) is 0 Å². The number of likely N-dealkylation sites (tertiary alicyclic amines) is 1. The number of alkyl carbamates (subject to hydrolysis) is 1. The van der Waals surface area contributed by atoms with E-state index in [9.17, 15) is 19.2 Å². The Hall–Kier alpha value is -3.84. The number of ether oxygens (including phenoxy) is 2. The van der Waals surface area contributed by atoms with Crippen molar-refractivity contribution < 1.29 is 38.0 Å². The Balaban J connectivity index is 1.20. The molecule has 56 heavy (non-hydrogen) atoms. The molecule has 3 heterocycles. The second-order valence-corrected chi connectivity index (χ2v) is 18.4. The van der Waals surface area contributed by atoms with Crippen LogP contribution in [0.2, 0.25) is 0 Å². The number of carbonyl (C=O) groups excluding carboxylic acids is 4. The third-order valence-electron chi connectivity index (χ3n) is 12.8. The average Bonchev–Trinajstić information content (AvgIpc) is 3.86. The van der Waals surface area contributed by atoms with Gasteiger partial charge in [0.1, 0.15) is 23.8 Å². The van der Waals surface area contributed by atoms with Crippen molar-refractivity contribution in [2.75, 3.05) is 6.54 Å². The number of allylic oxidation sites excluding steroid dienone is 1. The molecular formula is C43H63BN4O8. The van der Waals surface area contributed by atoms with Gasteiger partial charge in [-0.05, 0) is 94.6 Å². The van der Waals surface area contributed by atoms with Crippen LogP contribution in [-0.4, -0.2) is 88.9 Å². The molecule has 5 fully saturated rings. The number of amides is 4. The molecule has 306 valence electrons. The quantitative estimate of drug-likeness (QED) is 0.112. The Kier molecular flexibility index (Phi) is 12.6. The van der Waals surface area contributed by atoms with Crippen LogP contribution < -0.4 is 10.6 Å². The molecule has 2 saturated heterocycles. The van der Waals surface area contributed by atoms with Crippen molar-refractivity contribution >= 4 is 31.1 Å². The smallest absolute Gasteiger partial charge is 0.444 e. The number of rotatable bonds is 15. The van der Waals surface area contributed by atoms with Crippen LogP contribution >= 0.6 is 0 Å². The van der Waals surface area contributed by atoms with Crippen molar-refractivity contribution in [1.29, 1.82) is 0 Å². The molecule has 13 heteroatoms. The van der Waals surface area contributed by atoms with E-state index in [-0.39, 0.29) is 36.8 Å². The van der Waals surface area contributed by atoms with E-state index >= 15 is 0 Å². The summed E-state index contributed by atoms with van der Waals surface area (Å²) >= 11 is 0. The molecule has 3 saturated carbocycles. The first-order valence-electron chi connectivity index (χ1n) is 20.7. The van der Waals surface area contributed by atoms with E-state index in [1.165, 1.54) is 4.90 Å². The van der Waals surface area contributed by atoms with Gasteiger partial charge in [0.25, 0.3) is 0 Å². The monoisotopic (exact) mass is 774 g/mol. The minimum atomic E-state index is -1.05. The summed E-state index contributed by atoms with van der Waals surface area (Å²) in [5.74, 6) is -0.383. The van der Waals surface area contributed by atoms with Crippen LogP contribution in [0.4, 0.5) is 9.59 Å². The highest BCUT2D eigenvalue weighted by Crippen LogP contribution is 2.64. The van der Waals surface area contributed by atoms with Crippen LogP contribution in [-0.2, 0) is 41.5 Å². The summed E-state index contributed by atoms with van der Waals surface area (Å²) in [6.07, 6.45) is 9.17. The van der Waals surface area contributed by atoms with E-state index in [2.05, 4.69) is 44.6 Å². The number of nitrogens with zero attached hydrogens (tertiary/aromatic N) is 2. The number of nitrogens with one attached hydrogen (secondary N) is 2. The number of fused-ring (bicyclic) bond motifs is 1. The number of hydrogen-bond acceptors (Lipinski definition) is 8. The Morgan fingerprint density at radius 2 is 1.70 bits per heavy atom. The van der Waals surface area contributed by atoms with Gasteiger partial charge < -0.3 is 34.3 Å². The lowest BCUT2D eigenvalue weighted by Gasteiger charge is -2.63. The normalized spacial score (nSPS) is 28.3. The third-order valence-corrected chi connectivity index (χ3v) is 12.8. The van der Waals surface area contributed by atoms with Crippen LogP contribution in [0.15, 0.2) is 49.6 Å². The van der Waals surface area contributed by atoms with Gasteiger partial charge in [0, 0.05) is 19.5 Å². The summed E-state index contributed by atoms with van der Waals surface area (Å²) in [5.41, 5.74) is 1.07. The van der Waals surface area contributed by atoms with Gasteiger partial charge in [-0.15, -0.1) is 13.2 Å². The summed E-state index contributed by atoms with van der Waals surface area (Å²) in [7, 11) is -0.643. The zero-order valence-electron chi connectivity index (χ0n) is 34.3. The number of hydrogen-bond donors (Lipinski definition) is 2. The van der Waals surface area contributed by atoms with E-state index in [4.69, 9.17) is 18.8 Å². The van der Waals surface area contributed by atoms with Crippen molar-refractivity contribution in [3.05, 3.63) is 60.7 Å². The fraction of sp³-hybridized carbons (Fsp3) is 0.674. The highest BCUT2D eigenvalue weighted by Gasteiger charge is 2.67. The Morgan fingerprint density at radius 3 is 2.34 bits per heavy atom. The van der Waals surface area contributed by atoms with Gasteiger partial charge in [-0.25, -0.2) is 9.59 Å². The lowest BCUT2D eigenvalue weighted by molar-refractivity contribution is -0.185. The van der Waals surface area contributed by atoms with Crippen molar-refractivity contribution in [3.8, 4) is 0 Å². The van der Waals surface area contributed by atoms with Gasteiger partial charge in [-0.3, -0.25) is 14.5 Å². The van der Waals surface area contributed by atoms with Gasteiger partial charge >= 0.3 is 19.3 Å². The molecule has 6 aliphatic rings. The van der Waals surface area contributed by atoms with Crippen LogP contribution in [0.5, 0.6) is 0 Å². The summed E-state index contributed by atoms with van der Waals surface area (Å²) in [6.45, 7) is 20.5. The molecule has 2 N–H and O–H groups in total. The fourth-order valence-electron chi connectivity index (χ4n) is 9.57. The molecule has 8 atom stereocenters.